The standard InChI is InChI=1S/C14H15BrCl2N2O2/c15-11-4-2-1-3-10(11)13(20)18-9-5-7-19(8-6-9)14(21)12(16)17/h1-4,9,12H,5-8H2,(H,18,20). The third-order valence-electron chi connectivity index (χ3n) is 3.45. The molecular formula is C14H15BrCl2N2O2. The minimum atomic E-state index is -1.02. The second-order valence-electron chi connectivity index (χ2n) is 4.85. The molecule has 0 saturated carbocycles. The van der Waals surface area contributed by atoms with Crippen LogP contribution in [0.3, 0.4) is 0 Å². The maximum Gasteiger partial charge on any atom is 0.255 e. The van der Waals surface area contributed by atoms with Gasteiger partial charge in [0.25, 0.3) is 11.8 Å². The van der Waals surface area contributed by atoms with Gasteiger partial charge in [0.2, 0.25) is 0 Å². The molecule has 0 unspecified atom stereocenters. The van der Waals surface area contributed by atoms with Gasteiger partial charge in [0.05, 0.1) is 5.56 Å². The summed E-state index contributed by atoms with van der Waals surface area (Å²) < 4.78 is 0.766. The van der Waals surface area contributed by atoms with Gasteiger partial charge >= 0.3 is 0 Å². The number of nitrogens with one attached hydrogen (secondary N) is 1. The highest BCUT2D eigenvalue weighted by Gasteiger charge is 2.27. The Morgan fingerprint density at radius 3 is 2.43 bits per heavy atom. The fourth-order valence-electron chi connectivity index (χ4n) is 2.29. The van der Waals surface area contributed by atoms with E-state index in [-0.39, 0.29) is 17.9 Å². The number of carbonyl (C=O) groups excluding carboxylic acids is 2. The van der Waals surface area contributed by atoms with E-state index in [2.05, 4.69) is 21.2 Å². The van der Waals surface area contributed by atoms with Crippen molar-refractivity contribution in [2.24, 2.45) is 0 Å². The van der Waals surface area contributed by atoms with Gasteiger partial charge in [0.15, 0.2) is 4.84 Å². The van der Waals surface area contributed by atoms with Crippen LogP contribution in [0.25, 0.3) is 0 Å². The summed E-state index contributed by atoms with van der Waals surface area (Å²) in [5, 5.41) is 2.99. The Morgan fingerprint density at radius 2 is 1.86 bits per heavy atom. The number of hydrogen-bond donors (Lipinski definition) is 1. The number of amides is 2. The van der Waals surface area contributed by atoms with Crippen molar-refractivity contribution in [2.75, 3.05) is 13.1 Å². The molecule has 0 atom stereocenters. The molecule has 1 saturated heterocycles. The predicted molar refractivity (Wildman–Crippen MR) is 86.7 cm³/mol. The monoisotopic (exact) mass is 392 g/mol. The van der Waals surface area contributed by atoms with E-state index in [0.29, 0.717) is 31.5 Å². The number of likely N-dealkylation sites (tertiary alicyclic amines) is 1. The van der Waals surface area contributed by atoms with E-state index in [1.54, 1.807) is 11.0 Å². The van der Waals surface area contributed by atoms with Gasteiger partial charge in [-0.3, -0.25) is 9.59 Å². The van der Waals surface area contributed by atoms with Gasteiger partial charge in [-0.2, -0.15) is 0 Å². The highest BCUT2D eigenvalue weighted by Crippen LogP contribution is 2.18. The molecule has 1 fully saturated rings. The second-order valence-corrected chi connectivity index (χ2v) is 6.80. The molecule has 1 aromatic carbocycles. The van der Waals surface area contributed by atoms with Crippen molar-refractivity contribution in [3.63, 3.8) is 0 Å². The summed E-state index contributed by atoms with van der Waals surface area (Å²) in [5.41, 5.74) is 0.609. The maximum absolute atomic E-state index is 12.2. The van der Waals surface area contributed by atoms with Gasteiger partial charge in [-0.1, -0.05) is 35.3 Å². The molecule has 1 N–H and O–H groups in total. The van der Waals surface area contributed by atoms with Crippen LogP contribution in [0.1, 0.15) is 23.2 Å². The number of halogens is 3. The van der Waals surface area contributed by atoms with Crippen LogP contribution in [0.4, 0.5) is 0 Å². The Balaban J connectivity index is 1.88. The lowest BCUT2D eigenvalue weighted by molar-refractivity contribution is -0.130. The fourth-order valence-corrected chi connectivity index (χ4v) is 3.03. The van der Waals surface area contributed by atoms with Crippen LogP contribution in [0.15, 0.2) is 28.7 Å². The SMILES string of the molecule is O=C(NC1CCN(C(=O)C(Cl)Cl)CC1)c1ccccc1Br. The van der Waals surface area contributed by atoms with Crippen LogP contribution in [0.5, 0.6) is 0 Å². The van der Waals surface area contributed by atoms with Crippen molar-refractivity contribution in [1.29, 1.82) is 0 Å². The maximum atomic E-state index is 12.2. The van der Waals surface area contributed by atoms with Crippen molar-refractivity contribution in [2.45, 2.75) is 23.7 Å². The minimum absolute atomic E-state index is 0.0535. The molecule has 0 radical (unpaired) electrons. The van der Waals surface area contributed by atoms with Crippen LogP contribution in [0, 0.1) is 0 Å². The molecule has 114 valence electrons. The number of benzene rings is 1. The lowest BCUT2D eigenvalue weighted by Crippen LogP contribution is -2.47. The zero-order valence-corrected chi connectivity index (χ0v) is 14.3. The van der Waals surface area contributed by atoms with Crippen LogP contribution in [-0.2, 0) is 4.79 Å². The molecule has 0 aromatic heterocycles. The Kier molecular flexibility index (Phi) is 5.90. The zero-order chi connectivity index (χ0) is 15.4. The van der Waals surface area contributed by atoms with E-state index in [1.807, 2.05) is 18.2 Å². The van der Waals surface area contributed by atoms with Gasteiger partial charge in [-0.15, -0.1) is 0 Å². The third kappa shape index (κ3) is 4.34. The molecule has 2 amide bonds. The van der Waals surface area contributed by atoms with Gasteiger partial charge in [-0.05, 0) is 40.9 Å². The number of rotatable bonds is 3. The van der Waals surface area contributed by atoms with E-state index in [9.17, 15) is 9.59 Å². The summed E-state index contributed by atoms with van der Waals surface area (Å²) in [5.74, 6) is -0.381. The van der Waals surface area contributed by atoms with E-state index in [1.165, 1.54) is 0 Å². The summed E-state index contributed by atoms with van der Waals surface area (Å²) >= 11 is 14.5. The van der Waals surface area contributed by atoms with Crippen LogP contribution < -0.4 is 5.32 Å². The molecule has 0 spiro atoms. The lowest BCUT2D eigenvalue weighted by Gasteiger charge is -2.32. The predicted octanol–water partition coefficient (Wildman–Crippen LogP) is 2.97. The summed E-state index contributed by atoms with van der Waals surface area (Å²) in [4.78, 5) is 24.5. The van der Waals surface area contributed by atoms with Crippen molar-refractivity contribution >= 4 is 50.9 Å². The first-order valence-corrected chi connectivity index (χ1v) is 8.28. The van der Waals surface area contributed by atoms with Crippen LogP contribution in [-0.4, -0.2) is 40.7 Å². The largest absolute Gasteiger partial charge is 0.349 e. The molecule has 21 heavy (non-hydrogen) atoms. The Hall–Kier alpha value is -0.780. The van der Waals surface area contributed by atoms with Crippen molar-refractivity contribution in [1.82, 2.24) is 10.2 Å². The highest BCUT2D eigenvalue weighted by molar-refractivity contribution is 9.10. The van der Waals surface area contributed by atoms with E-state index < -0.39 is 4.84 Å². The molecule has 0 aliphatic carbocycles. The molecule has 1 heterocycles. The Morgan fingerprint density at radius 1 is 1.24 bits per heavy atom. The number of hydrogen-bond acceptors (Lipinski definition) is 2. The van der Waals surface area contributed by atoms with Gasteiger partial charge < -0.3 is 10.2 Å². The molecule has 1 aromatic rings. The molecule has 4 nitrogen and oxygen atoms in total. The average molecular weight is 394 g/mol. The topological polar surface area (TPSA) is 49.4 Å². The Labute approximate surface area is 141 Å². The van der Waals surface area contributed by atoms with Gasteiger partial charge in [0, 0.05) is 23.6 Å². The number of nitrogens with zero attached hydrogens (tertiary/aromatic N) is 1. The summed E-state index contributed by atoms with van der Waals surface area (Å²) in [6.07, 6.45) is 1.39. The summed E-state index contributed by atoms with van der Waals surface area (Å²) in [7, 11) is 0. The quantitative estimate of drug-likeness (QED) is 0.802. The molecule has 2 rings (SSSR count). The summed E-state index contributed by atoms with van der Waals surface area (Å²) in [6.45, 7) is 1.10. The molecule has 1 aliphatic rings. The molecular weight excluding hydrogens is 379 g/mol. The molecule has 7 heteroatoms. The fraction of sp³-hybridized carbons (Fsp3) is 0.429. The third-order valence-corrected chi connectivity index (χ3v) is 4.51. The number of carbonyl (C=O) groups is 2. The number of piperidine rings is 1. The van der Waals surface area contributed by atoms with Gasteiger partial charge in [0.1, 0.15) is 0 Å². The number of alkyl halides is 2. The smallest absolute Gasteiger partial charge is 0.255 e. The van der Waals surface area contributed by atoms with Crippen molar-refractivity contribution in [3.05, 3.63) is 34.3 Å². The first kappa shape index (κ1) is 16.6. The first-order valence-electron chi connectivity index (χ1n) is 6.61. The second kappa shape index (κ2) is 7.47. The normalized spacial score (nSPS) is 16.1. The van der Waals surface area contributed by atoms with Gasteiger partial charge in [-0.25, -0.2) is 0 Å². The van der Waals surface area contributed by atoms with Crippen molar-refractivity contribution in [3.8, 4) is 0 Å². The molecule has 0 bridgehead atoms. The van der Waals surface area contributed by atoms with E-state index in [0.717, 1.165) is 4.47 Å². The highest BCUT2D eigenvalue weighted by atomic mass is 79.9. The van der Waals surface area contributed by atoms with Crippen LogP contribution in [0.2, 0.25) is 0 Å². The molecule has 1 aliphatic heterocycles. The first-order chi connectivity index (χ1) is 9.99. The van der Waals surface area contributed by atoms with E-state index >= 15 is 0 Å². The van der Waals surface area contributed by atoms with Crippen molar-refractivity contribution < 1.29 is 9.59 Å². The lowest BCUT2D eigenvalue weighted by atomic mass is 10.0. The minimum Gasteiger partial charge on any atom is -0.349 e. The van der Waals surface area contributed by atoms with Crippen LogP contribution >= 0.6 is 39.1 Å². The average Bonchev–Trinajstić information content (AvgIpc) is 2.47. The summed E-state index contributed by atoms with van der Waals surface area (Å²) in [6, 6.07) is 7.33. The van der Waals surface area contributed by atoms with E-state index in [4.69, 9.17) is 23.2 Å². The zero-order valence-electron chi connectivity index (χ0n) is 11.2. The Bertz CT molecular complexity index is 531.